The van der Waals surface area contributed by atoms with Crippen LogP contribution in [0.1, 0.15) is 28.6 Å². The molecule has 3 aromatic rings. The number of rotatable bonds is 6. The number of fused-ring (bicyclic) bond motifs is 1. The van der Waals surface area contributed by atoms with Crippen molar-refractivity contribution in [3.8, 4) is 0 Å². The molecule has 0 spiro atoms. The van der Waals surface area contributed by atoms with Crippen LogP contribution >= 0.6 is 0 Å². The Morgan fingerprint density at radius 1 is 0.971 bits per heavy atom. The summed E-state index contributed by atoms with van der Waals surface area (Å²) in [5.41, 5.74) is -0.704. The molecule has 0 aliphatic carbocycles. The number of furan rings is 1. The Bertz CT molecular complexity index is 1340. The van der Waals surface area contributed by atoms with Crippen LogP contribution in [0.5, 0.6) is 0 Å². The summed E-state index contributed by atoms with van der Waals surface area (Å²) < 4.78 is 10.8. The zero-order valence-corrected chi connectivity index (χ0v) is 18.5. The lowest BCUT2D eigenvalue weighted by atomic mass is 9.75. The second-order valence-corrected chi connectivity index (χ2v) is 7.92. The molecule has 0 saturated carbocycles. The summed E-state index contributed by atoms with van der Waals surface area (Å²) >= 11 is 0. The molecular formula is C26H20N2O6. The summed E-state index contributed by atoms with van der Waals surface area (Å²) in [7, 11) is 0. The van der Waals surface area contributed by atoms with E-state index in [2.05, 4.69) is 0 Å². The number of esters is 1. The Labute approximate surface area is 195 Å². The van der Waals surface area contributed by atoms with Gasteiger partial charge in [0.15, 0.2) is 0 Å². The number of nitrogens with zero attached hydrogens (tertiary/aromatic N) is 2. The van der Waals surface area contributed by atoms with Crippen LogP contribution in [0, 0.1) is 6.92 Å². The minimum atomic E-state index is -2.16. The highest BCUT2D eigenvalue weighted by atomic mass is 16.5. The number of carbonyl (C=O) groups is 4. The zero-order valence-electron chi connectivity index (χ0n) is 18.5. The highest BCUT2D eigenvalue weighted by Crippen LogP contribution is 2.54. The molecule has 170 valence electrons. The first-order valence-corrected chi connectivity index (χ1v) is 10.7. The normalized spacial score (nSPS) is 19.2. The predicted molar refractivity (Wildman–Crippen MR) is 122 cm³/mol. The predicted octanol–water partition coefficient (Wildman–Crippen LogP) is 3.97. The molecule has 2 aliphatic heterocycles. The molecule has 1 unspecified atom stereocenters. The van der Waals surface area contributed by atoms with Crippen molar-refractivity contribution in [3.63, 3.8) is 0 Å². The Balaban J connectivity index is 1.75. The average Bonchev–Trinajstić information content (AvgIpc) is 3.39. The Morgan fingerprint density at radius 3 is 2.29 bits per heavy atom. The van der Waals surface area contributed by atoms with Crippen LogP contribution in [0.25, 0.3) is 5.57 Å². The van der Waals surface area contributed by atoms with Crippen molar-refractivity contribution >= 4 is 35.0 Å². The number of hydrogen-bond donors (Lipinski definition) is 0. The van der Waals surface area contributed by atoms with Gasteiger partial charge >= 0.3 is 12.0 Å². The molecule has 34 heavy (non-hydrogen) atoms. The third kappa shape index (κ3) is 2.78. The molecule has 1 atom stereocenters. The van der Waals surface area contributed by atoms with E-state index in [4.69, 9.17) is 9.15 Å². The summed E-state index contributed by atoms with van der Waals surface area (Å²) in [4.78, 5) is 56.3. The molecule has 8 nitrogen and oxygen atoms in total. The van der Waals surface area contributed by atoms with Gasteiger partial charge in [-0.3, -0.25) is 14.5 Å². The van der Waals surface area contributed by atoms with Crippen LogP contribution in [-0.4, -0.2) is 40.7 Å². The Hall–Kier alpha value is -4.46. The summed E-state index contributed by atoms with van der Waals surface area (Å²) in [6.07, 6.45) is 1.37. The number of aryl methyl sites for hydroxylation is 1. The number of imide groups is 1. The van der Waals surface area contributed by atoms with E-state index in [9.17, 15) is 19.2 Å². The first-order valence-electron chi connectivity index (χ1n) is 10.7. The lowest BCUT2D eigenvalue weighted by Crippen LogP contribution is -2.65. The van der Waals surface area contributed by atoms with Crippen molar-refractivity contribution in [2.24, 2.45) is 0 Å². The van der Waals surface area contributed by atoms with Gasteiger partial charge in [0.05, 0.1) is 24.1 Å². The number of para-hydroxylation sites is 1. The number of benzene rings is 2. The fraction of sp³-hybridized carbons (Fsp3) is 0.154. The van der Waals surface area contributed by atoms with E-state index in [0.717, 1.165) is 15.4 Å². The monoisotopic (exact) mass is 456 g/mol. The van der Waals surface area contributed by atoms with Gasteiger partial charge in [-0.1, -0.05) is 48.0 Å². The molecule has 0 radical (unpaired) electrons. The van der Waals surface area contributed by atoms with Crippen LogP contribution in [0.4, 0.5) is 10.5 Å². The molecule has 2 aromatic carbocycles. The molecule has 8 heteroatoms. The number of amides is 3. The van der Waals surface area contributed by atoms with Gasteiger partial charge in [-0.25, -0.2) is 14.5 Å². The molecule has 1 aromatic heterocycles. The maximum absolute atomic E-state index is 13.8. The fourth-order valence-electron chi connectivity index (χ4n) is 4.39. The van der Waals surface area contributed by atoms with Gasteiger partial charge in [-0.05, 0) is 38.1 Å². The molecule has 0 N–H and O–H groups in total. The number of hydrogen-bond acceptors (Lipinski definition) is 6. The van der Waals surface area contributed by atoms with E-state index < -0.39 is 29.2 Å². The quantitative estimate of drug-likeness (QED) is 0.241. The molecular weight excluding hydrogens is 436 g/mol. The molecule has 2 aliphatic rings. The Morgan fingerprint density at radius 2 is 1.68 bits per heavy atom. The molecule has 3 amide bonds. The number of anilines is 1. The standard InChI is InChI=1S/C26H20N2O6/c1-3-33-24(31)26-20(19-10-7-15-34-19)21(22(29)17-13-11-16(2)12-14-17)28(26)25(32)27(23(26)30)18-8-5-4-6-9-18/h4-15H,3H2,1-2H3. The third-order valence-corrected chi connectivity index (χ3v) is 5.93. The minimum absolute atomic E-state index is 0.0123. The van der Waals surface area contributed by atoms with E-state index in [1.165, 1.54) is 6.26 Å². The van der Waals surface area contributed by atoms with Gasteiger partial charge in [0.2, 0.25) is 5.78 Å². The first kappa shape index (κ1) is 21.4. The number of carbonyl (C=O) groups excluding carboxylic acids is 4. The van der Waals surface area contributed by atoms with Crippen molar-refractivity contribution in [3.05, 3.63) is 95.6 Å². The molecule has 5 rings (SSSR count). The third-order valence-electron chi connectivity index (χ3n) is 5.93. The highest BCUT2D eigenvalue weighted by molar-refractivity contribution is 6.42. The number of ether oxygens (including phenoxy) is 1. The maximum atomic E-state index is 13.8. The van der Waals surface area contributed by atoms with Gasteiger partial charge in [0.25, 0.3) is 11.4 Å². The summed E-state index contributed by atoms with van der Waals surface area (Å²) in [5, 5.41) is 0. The van der Waals surface area contributed by atoms with E-state index >= 15 is 0 Å². The number of ketones is 1. The summed E-state index contributed by atoms with van der Waals surface area (Å²) in [6, 6.07) is 17.3. The van der Waals surface area contributed by atoms with Crippen LogP contribution in [0.2, 0.25) is 0 Å². The molecule has 0 bridgehead atoms. The average molecular weight is 456 g/mol. The van der Waals surface area contributed by atoms with Gasteiger partial charge < -0.3 is 9.15 Å². The van der Waals surface area contributed by atoms with E-state index in [0.29, 0.717) is 5.56 Å². The van der Waals surface area contributed by atoms with Crippen molar-refractivity contribution in [2.45, 2.75) is 19.4 Å². The van der Waals surface area contributed by atoms with Crippen LogP contribution in [-0.2, 0) is 14.3 Å². The second kappa shape index (κ2) is 7.84. The van der Waals surface area contributed by atoms with Crippen molar-refractivity contribution in [1.82, 2.24) is 4.90 Å². The SMILES string of the molecule is CCOC(=O)C12C(=O)N(c3ccccc3)C(=O)N1C(C(=O)c1ccc(C)cc1)=C2c1ccco1. The molecule has 3 heterocycles. The maximum Gasteiger partial charge on any atom is 0.347 e. The van der Waals surface area contributed by atoms with E-state index in [1.807, 2.05) is 6.92 Å². The summed E-state index contributed by atoms with van der Waals surface area (Å²) in [6.45, 7) is 3.47. The van der Waals surface area contributed by atoms with Crippen molar-refractivity contribution in [2.75, 3.05) is 11.5 Å². The Kier molecular flexibility index (Phi) is 4.93. The van der Waals surface area contributed by atoms with E-state index in [1.54, 1.807) is 73.7 Å². The molecule has 1 fully saturated rings. The van der Waals surface area contributed by atoms with Crippen molar-refractivity contribution in [1.29, 1.82) is 0 Å². The van der Waals surface area contributed by atoms with Crippen LogP contribution < -0.4 is 4.90 Å². The first-order chi connectivity index (χ1) is 16.4. The van der Waals surface area contributed by atoms with Crippen molar-refractivity contribution < 1.29 is 28.3 Å². The minimum Gasteiger partial charge on any atom is -0.465 e. The van der Waals surface area contributed by atoms with Gasteiger partial charge in [0, 0.05) is 5.56 Å². The summed E-state index contributed by atoms with van der Waals surface area (Å²) in [5.74, 6) is -2.15. The van der Waals surface area contributed by atoms with Crippen LogP contribution in [0.3, 0.4) is 0 Å². The largest absolute Gasteiger partial charge is 0.465 e. The lowest BCUT2D eigenvalue weighted by molar-refractivity contribution is -0.155. The molecule has 1 saturated heterocycles. The topological polar surface area (TPSA) is 97.1 Å². The van der Waals surface area contributed by atoms with Gasteiger partial charge in [-0.2, -0.15) is 0 Å². The smallest absolute Gasteiger partial charge is 0.347 e. The van der Waals surface area contributed by atoms with Gasteiger partial charge in [-0.15, -0.1) is 0 Å². The number of urea groups is 1. The van der Waals surface area contributed by atoms with E-state index in [-0.39, 0.29) is 29.3 Å². The fourth-order valence-corrected chi connectivity index (χ4v) is 4.39. The highest BCUT2D eigenvalue weighted by Gasteiger charge is 2.75. The zero-order chi connectivity index (χ0) is 24.0. The lowest BCUT2D eigenvalue weighted by Gasteiger charge is -2.44. The van der Waals surface area contributed by atoms with Crippen LogP contribution in [0.15, 0.2) is 83.1 Å². The van der Waals surface area contributed by atoms with Gasteiger partial charge in [0.1, 0.15) is 11.5 Å². The number of allylic oxidation sites excluding steroid dienone is 1. The second-order valence-electron chi connectivity index (χ2n) is 7.92. The number of Topliss-reactive ketones (excluding diaryl/α,β-unsaturated/α-hetero) is 1.